The van der Waals surface area contributed by atoms with Crippen LogP contribution in [0.15, 0.2) is 18.2 Å². The van der Waals surface area contributed by atoms with E-state index in [9.17, 15) is 4.79 Å². The van der Waals surface area contributed by atoms with Crippen molar-refractivity contribution in [3.63, 3.8) is 0 Å². The Hall–Kier alpha value is -1.26. The number of halogens is 2. The Morgan fingerprint density at radius 2 is 2.24 bits per heavy atom. The molecule has 1 N–H and O–H groups in total. The fourth-order valence-electron chi connectivity index (χ4n) is 2.24. The predicted octanol–water partition coefficient (Wildman–Crippen LogP) is 3.39. The van der Waals surface area contributed by atoms with Crippen molar-refractivity contribution in [2.75, 3.05) is 12.4 Å². The van der Waals surface area contributed by atoms with Crippen LogP contribution in [-0.2, 0) is 17.8 Å². The van der Waals surface area contributed by atoms with Gasteiger partial charge in [-0.25, -0.2) is 4.98 Å². The molecule has 0 bridgehead atoms. The van der Waals surface area contributed by atoms with Crippen molar-refractivity contribution >= 4 is 40.1 Å². The average molecular weight is 328 g/mol. The monoisotopic (exact) mass is 327 g/mol. The van der Waals surface area contributed by atoms with Gasteiger partial charge in [-0.3, -0.25) is 4.79 Å². The Labute approximate surface area is 134 Å². The highest BCUT2D eigenvalue weighted by molar-refractivity contribution is 6.31. The molecule has 0 saturated heterocycles. The maximum atomic E-state index is 11.8. The third-order valence-electron chi connectivity index (χ3n) is 3.24. The summed E-state index contributed by atoms with van der Waals surface area (Å²) in [5.74, 6) is 1.45. The van der Waals surface area contributed by atoms with Crippen molar-refractivity contribution < 1.29 is 4.79 Å². The van der Waals surface area contributed by atoms with Crippen LogP contribution in [0.5, 0.6) is 0 Å². The standard InChI is InChI=1S/C15H19Cl2N3O/c1-2-8-18-15(21)6-9-20-13-10-11(17)3-4-12(13)19-14(20)5-7-16/h3-4,10H,2,5-9H2,1H3,(H,18,21). The number of nitrogens with zero attached hydrogens (tertiary/aromatic N) is 2. The van der Waals surface area contributed by atoms with E-state index in [0.29, 0.717) is 36.8 Å². The van der Waals surface area contributed by atoms with Gasteiger partial charge in [0, 0.05) is 36.8 Å². The van der Waals surface area contributed by atoms with Crippen molar-refractivity contribution in [2.45, 2.75) is 32.7 Å². The van der Waals surface area contributed by atoms with Crippen molar-refractivity contribution in [3.05, 3.63) is 29.0 Å². The van der Waals surface area contributed by atoms with Crippen molar-refractivity contribution in [2.24, 2.45) is 0 Å². The summed E-state index contributed by atoms with van der Waals surface area (Å²) in [6.07, 6.45) is 2.03. The van der Waals surface area contributed by atoms with Crippen LogP contribution in [0.3, 0.4) is 0 Å². The van der Waals surface area contributed by atoms with Crippen LogP contribution in [0.2, 0.25) is 5.02 Å². The molecule has 1 aromatic heterocycles. The summed E-state index contributed by atoms with van der Waals surface area (Å²) in [4.78, 5) is 16.3. The molecule has 2 aromatic rings. The molecule has 0 spiro atoms. The van der Waals surface area contributed by atoms with E-state index in [0.717, 1.165) is 23.3 Å². The molecule has 2 rings (SSSR count). The molecule has 1 amide bonds. The number of imidazole rings is 1. The molecule has 114 valence electrons. The van der Waals surface area contributed by atoms with Crippen LogP contribution < -0.4 is 5.32 Å². The quantitative estimate of drug-likeness (QED) is 0.792. The summed E-state index contributed by atoms with van der Waals surface area (Å²) in [5.41, 5.74) is 1.83. The number of fused-ring (bicyclic) bond motifs is 1. The number of alkyl halides is 1. The lowest BCUT2D eigenvalue weighted by molar-refractivity contribution is -0.121. The van der Waals surface area contributed by atoms with Crippen LogP contribution in [-0.4, -0.2) is 27.9 Å². The molecule has 0 aliphatic heterocycles. The highest BCUT2D eigenvalue weighted by atomic mass is 35.5. The second-order valence-electron chi connectivity index (χ2n) is 4.85. The van der Waals surface area contributed by atoms with E-state index in [1.807, 2.05) is 29.7 Å². The Morgan fingerprint density at radius 1 is 1.43 bits per heavy atom. The van der Waals surface area contributed by atoms with Gasteiger partial charge in [0.2, 0.25) is 5.91 Å². The van der Waals surface area contributed by atoms with Crippen LogP contribution in [0.1, 0.15) is 25.6 Å². The molecule has 0 radical (unpaired) electrons. The molecular weight excluding hydrogens is 309 g/mol. The molecule has 0 fully saturated rings. The highest BCUT2D eigenvalue weighted by Crippen LogP contribution is 2.21. The van der Waals surface area contributed by atoms with Gasteiger partial charge in [0.15, 0.2) is 0 Å². The zero-order valence-electron chi connectivity index (χ0n) is 12.0. The van der Waals surface area contributed by atoms with E-state index in [4.69, 9.17) is 23.2 Å². The first kappa shape index (κ1) is 16.1. The molecule has 0 aliphatic rings. The average Bonchev–Trinajstić information content (AvgIpc) is 2.80. The van der Waals surface area contributed by atoms with E-state index >= 15 is 0 Å². The number of hydrogen-bond donors (Lipinski definition) is 1. The number of benzene rings is 1. The normalized spacial score (nSPS) is 11.0. The maximum Gasteiger partial charge on any atom is 0.221 e. The second-order valence-corrected chi connectivity index (χ2v) is 5.67. The van der Waals surface area contributed by atoms with E-state index in [-0.39, 0.29) is 5.91 Å². The van der Waals surface area contributed by atoms with Crippen molar-refractivity contribution in [3.8, 4) is 0 Å². The Bertz CT molecular complexity index is 625. The number of carbonyl (C=O) groups excluding carboxylic acids is 1. The number of carbonyl (C=O) groups is 1. The second kappa shape index (κ2) is 7.66. The summed E-state index contributed by atoms with van der Waals surface area (Å²) >= 11 is 11.9. The molecule has 21 heavy (non-hydrogen) atoms. The topological polar surface area (TPSA) is 46.9 Å². The molecular formula is C15H19Cl2N3O. The SMILES string of the molecule is CCCNC(=O)CCn1c(CCCl)nc2ccc(Cl)cc21. The minimum atomic E-state index is 0.0533. The summed E-state index contributed by atoms with van der Waals surface area (Å²) in [5, 5.41) is 3.54. The lowest BCUT2D eigenvalue weighted by Crippen LogP contribution is -2.25. The van der Waals surface area contributed by atoms with Crippen LogP contribution >= 0.6 is 23.2 Å². The molecule has 0 unspecified atom stereocenters. The molecule has 0 saturated carbocycles. The Balaban J connectivity index is 2.21. The molecule has 0 aliphatic carbocycles. The summed E-state index contributed by atoms with van der Waals surface area (Å²) < 4.78 is 2.04. The number of rotatable bonds is 7. The minimum absolute atomic E-state index is 0.0533. The third-order valence-corrected chi connectivity index (χ3v) is 3.67. The first-order valence-corrected chi connectivity index (χ1v) is 8.04. The van der Waals surface area contributed by atoms with Crippen molar-refractivity contribution in [1.82, 2.24) is 14.9 Å². The maximum absolute atomic E-state index is 11.8. The number of aromatic nitrogens is 2. The van der Waals surface area contributed by atoms with Gasteiger partial charge >= 0.3 is 0 Å². The van der Waals surface area contributed by atoms with Gasteiger partial charge < -0.3 is 9.88 Å². The van der Waals surface area contributed by atoms with Crippen LogP contribution in [0, 0.1) is 0 Å². The van der Waals surface area contributed by atoms with Gasteiger partial charge in [-0.05, 0) is 24.6 Å². The van der Waals surface area contributed by atoms with Crippen LogP contribution in [0.4, 0.5) is 0 Å². The van der Waals surface area contributed by atoms with E-state index in [1.165, 1.54) is 0 Å². The third kappa shape index (κ3) is 4.11. The fraction of sp³-hybridized carbons (Fsp3) is 0.467. The number of nitrogens with one attached hydrogen (secondary N) is 1. The predicted molar refractivity (Wildman–Crippen MR) is 87.1 cm³/mol. The molecule has 0 atom stereocenters. The minimum Gasteiger partial charge on any atom is -0.356 e. The number of amides is 1. The first-order chi connectivity index (χ1) is 10.2. The van der Waals surface area contributed by atoms with Crippen molar-refractivity contribution in [1.29, 1.82) is 0 Å². The number of hydrogen-bond acceptors (Lipinski definition) is 2. The number of aryl methyl sites for hydroxylation is 2. The van der Waals surface area contributed by atoms with Gasteiger partial charge in [-0.15, -0.1) is 11.6 Å². The van der Waals surface area contributed by atoms with Gasteiger partial charge in [-0.1, -0.05) is 18.5 Å². The van der Waals surface area contributed by atoms with Gasteiger partial charge in [0.25, 0.3) is 0 Å². The summed E-state index contributed by atoms with van der Waals surface area (Å²) in [6, 6.07) is 5.59. The summed E-state index contributed by atoms with van der Waals surface area (Å²) in [6.45, 7) is 3.33. The van der Waals surface area contributed by atoms with Gasteiger partial charge in [-0.2, -0.15) is 0 Å². The molecule has 6 heteroatoms. The molecule has 1 heterocycles. The van der Waals surface area contributed by atoms with E-state index in [1.54, 1.807) is 0 Å². The molecule has 4 nitrogen and oxygen atoms in total. The first-order valence-electron chi connectivity index (χ1n) is 7.13. The fourth-order valence-corrected chi connectivity index (χ4v) is 2.57. The van der Waals surface area contributed by atoms with Gasteiger partial charge in [0.05, 0.1) is 11.0 Å². The highest BCUT2D eigenvalue weighted by Gasteiger charge is 2.12. The largest absolute Gasteiger partial charge is 0.356 e. The summed E-state index contributed by atoms with van der Waals surface area (Å²) in [7, 11) is 0. The Morgan fingerprint density at radius 3 is 2.95 bits per heavy atom. The van der Waals surface area contributed by atoms with Crippen LogP contribution in [0.25, 0.3) is 11.0 Å². The van der Waals surface area contributed by atoms with E-state index < -0.39 is 0 Å². The zero-order chi connectivity index (χ0) is 15.2. The lowest BCUT2D eigenvalue weighted by Gasteiger charge is -2.09. The smallest absolute Gasteiger partial charge is 0.221 e. The lowest BCUT2D eigenvalue weighted by atomic mass is 10.3. The van der Waals surface area contributed by atoms with E-state index in [2.05, 4.69) is 10.3 Å². The van der Waals surface area contributed by atoms with Gasteiger partial charge in [0.1, 0.15) is 5.82 Å². The Kier molecular flexibility index (Phi) is 5.88. The molecule has 1 aromatic carbocycles. The zero-order valence-corrected chi connectivity index (χ0v) is 13.5.